The van der Waals surface area contributed by atoms with Crippen molar-refractivity contribution in [1.82, 2.24) is 4.98 Å². The van der Waals surface area contributed by atoms with Crippen molar-refractivity contribution in [1.29, 1.82) is 0 Å². The van der Waals surface area contributed by atoms with E-state index >= 15 is 0 Å². The number of amides is 3. The Kier molecular flexibility index (Phi) is 6.20. The molecular formula is C21H20N4O3. The molecule has 1 aromatic heterocycles. The van der Waals surface area contributed by atoms with Gasteiger partial charge in [-0.2, -0.15) is 0 Å². The first-order chi connectivity index (χ1) is 13.7. The van der Waals surface area contributed by atoms with Crippen molar-refractivity contribution >= 4 is 29.0 Å². The molecule has 0 atom stereocenters. The molecule has 0 aliphatic rings. The number of ether oxygens (including phenoxy) is 1. The second-order valence-corrected chi connectivity index (χ2v) is 5.77. The summed E-state index contributed by atoms with van der Waals surface area (Å²) in [6.45, 7) is 2.24. The molecule has 0 aliphatic heterocycles. The van der Waals surface area contributed by atoms with Gasteiger partial charge in [0.2, 0.25) is 5.88 Å². The topological polar surface area (TPSA) is 92.3 Å². The fourth-order valence-corrected chi connectivity index (χ4v) is 2.50. The normalized spacial score (nSPS) is 10.0. The van der Waals surface area contributed by atoms with Crippen LogP contribution in [-0.4, -0.2) is 23.5 Å². The molecule has 3 aromatic rings. The molecular weight excluding hydrogens is 356 g/mol. The number of nitrogens with one attached hydrogen (secondary N) is 3. The summed E-state index contributed by atoms with van der Waals surface area (Å²) in [5, 5.41) is 8.26. The van der Waals surface area contributed by atoms with Gasteiger partial charge in [0.1, 0.15) is 5.56 Å². The summed E-state index contributed by atoms with van der Waals surface area (Å²) < 4.78 is 5.39. The molecule has 0 bridgehead atoms. The van der Waals surface area contributed by atoms with Gasteiger partial charge in [-0.25, -0.2) is 9.78 Å². The van der Waals surface area contributed by atoms with Crippen LogP contribution in [-0.2, 0) is 0 Å². The Hall–Kier alpha value is -3.87. The zero-order valence-electron chi connectivity index (χ0n) is 15.3. The first-order valence-corrected chi connectivity index (χ1v) is 8.78. The summed E-state index contributed by atoms with van der Waals surface area (Å²) in [5.74, 6) is -0.0681. The smallest absolute Gasteiger partial charge is 0.323 e. The van der Waals surface area contributed by atoms with Crippen LogP contribution in [0.5, 0.6) is 5.88 Å². The molecule has 7 nitrogen and oxygen atoms in total. The SMILES string of the molecule is CCOc1ncccc1C(=O)Nc1cccc(NC(=O)Nc2ccccc2)c1. The van der Waals surface area contributed by atoms with Crippen molar-refractivity contribution in [3.05, 3.63) is 78.5 Å². The Bertz CT molecular complexity index is 961. The van der Waals surface area contributed by atoms with E-state index in [0.29, 0.717) is 29.2 Å². The highest BCUT2D eigenvalue weighted by atomic mass is 16.5. The van der Waals surface area contributed by atoms with Gasteiger partial charge in [-0.05, 0) is 49.4 Å². The van der Waals surface area contributed by atoms with Crippen molar-refractivity contribution in [3.8, 4) is 5.88 Å². The number of pyridine rings is 1. The Balaban J connectivity index is 1.66. The molecule has 3 rings (SSSR count). The molecule has 0 fully saturated rings. The lowest BCUT2D eigenvalue weighted by atomic mass is 10.2. The third kappa shape index (κ3) is 5.07. The highest BCUT2D eigenvalue weighted by Gasteiger charge is 2.14. The summed E-state index contributed by atoms with van der Waals surface area (Å²) in [4.78, 5) is 28.8. The maximum absolute atomic E-state index is 12.6. The average molecular weight is 376 g/mol. The Morgan fingerprint density at radius 1 is 0.857 bits per heavy atom. The Morgan fingerprint density at radius 3 is 2.29 bits per heavy atom. The van der Waals surface area contributed by atoms with E-state index in [-0.39, 0.29) is 17.8 Å². The molecule has 142 valence electrons. The largest absolute Gasteiger partial charge is 0.477 e. The van der Waals surface area contributed by atoms with E-state index in [2.05, 4.69) is 20.9 Å². The van der Waals surface area contributed by atoms with Crippen LogP contribution < -0.4 is 20.7 Å². The molecule has 1 heterocycles. The Morgan fingerprint density at radius 2 is 1.54 bits per heavy atom. The molecule has 0 aliphatic carbocycles. The quantitative estimate of drug-likeness (QED) is 0.595. The molecule has 0 saturated carbocycles. The van der Waals surface area contributed by atoms with E-state index in [1.165, 1.54) is 0 Å². The highest BCUT2D eigenvalue weighted by molar-refractivity contribution is 6.06. The van der Waals surface area contributed by atoms with Crippen LogP contribution in [0.4, 0.5) is 21.9 Å². The van der Waals surface area contributed by atoms with E-state index in [1.807, 2.05) is 25.1 Å². The standard InChI is InChI=1S/C21H20N4O3/c1-2-28-20-18(12-7-13-22-20)19(26)23-16-10-6-11-17(14-16)25-21(27)24-15-8-4-3-5-9-15/h3-14H,2H2,1H3,(H,23,26)(H2,24,25,27). The maximum Gasteiger partial charge on any atom is 0.323 e. The summed E-state index contributed by atoms with van der Waals surface area (Å²) in [6, 6.07) is 18.9. The van der Waals surface area contributed by atoms with Crippen LogP contribution in [0.1, 0.15) is 17.3 Å². The molecule has 7 heteroatoms. The van der Waals surface area contributed by atoms with Crippen LogP contribution in [0.25, 0.3) is 0 Å². The summed E-state index contributed by atoms with van der Waals surface area (Å²) in [5.41, 5.74) is 2.10. The predicted molar refractivity (Wildman–Crippen MR) is 109 cm³/mol. The summed E-state index contributed by atoms with van der Waals surface area (Å²) in [7, 11) is 0. The number of aromatic nitrogens is 1. The minimum atomic E-state index is -0.374. The lowest BCUT2D eigenvalue weighted by molar-refractivity contribution is 0.102. The maximum atomic E-state index is 12.6. The van der Waals surface area contributed by atoms with Crippen molar-refractivity contribution in [2.75, 3.05) is 22.6 Å². The molecule has 2 aromatic carbocycles. The fraction of sp³-hybridized carbons (Fsp3) is 0.0952. The van der Waals surface area contributed by atoms with Crippen LogP contribution in [0.15, 0.2) is 72.9 Å². The minimum Gasteiger partial charge on any atom is -0.477 e. The van der Waals surface area contributed by atoms with Crippen LogP contribution in [0.2, 0.25) is 0 Å². The van der Waals surface area contributed by atoms with Gasteiger partial charge < -0.3 is 20.7 Å². The molecule has 0 unspecified atom stereocenters. The van der Waals surface area contributed by atoms with E-state index in [0.717, 1.165) is 0 Å². The van der Waals surface area contributed by atoms with Gasteiger partial charge in [0.05, 0.1) is 6.61 Å². The van der Waals surface area contributed by atoms with Gasteiger partial charge in [0.25, 0.3) is 5.91 Å². The van der Waals surface area contributed by atoms with Gasteiger partial charge in [-0.15, -0.1) is 0 Å². The average Bonchev–Trinajstić information content (AvgIpc) is 2.69. The first-order valence-electron chi connectivity index (χ1n) is 8.78. The number of urea groups is 1. The number of para-hydroxylation sites is 1. The third-order valence-electron chi connectivity index (χ3n) is 3.71. The van der Waals surface area contributed by atoms with E-state index in [4.69, 9.17) is 4.74 Å². The van der Waals surface area contributed by atoms with E-state index < -0.39 is 0 Å². The van der Waals surface area contributed by atoms with E-state index in [9.17, 15) is 9.59 Å². The number of carbonyl (C=O) groups excluding carboxylic acids is 2. The number of hydrogen-bond donors (Lipinski definition) is 3. The van der Waals surface area contributed by atoms with Gasteiger partial charge in [-0.3, -0.25) is 4.79 Å². The number of hydrogen-bond acceptors (Lipinski definition) is 4. The zero-order valence-corrected chi connectivity index (χ0v) is 15.3. The fourth-order valence-electron chi connectivity index (χ4n) is 2.50. The van der Waals surface area contributed by atoms with Gasteiger partial charge in [0, 0.05) is 23.3 Å². The zero-order chi connectivity index (χ0) is 19.8. The van der Waals surface area contributed by atoms with Crippen molar-refractivity contribution < 1.29 is 14.3 Å². The molecule has 3 N–H and O–H groups in total. The second-order valence-electron chi connectivity index (χ2n) is 5.77. The first kappa shape index (κ1) is 18.9. The number of benzene rings is 2. The Labute approximate surface area is 162 Å². The number of anilines is 3. The van der Waals surface area contributed by atoms with E-state index in [1.54, 1.807) is 54.7 Å². The monoisotopic (exact) mass is 376 g/mol. The molecule has 3 amide bonds. The number of carbonyl (C=O) groups is 2. The van der Waals surface area contributed by atoms with Crippen LogP contribution in [0.3, 0.4) is 0 Å². The molecule has 0 radical (unpaired) electrons. The second kappa shape index (κ2) is 9.18. The van der Waals surface area contributed by atoms with Gasteiger partial charge in [0.15, 0.2) is 0 Å². The lowest BCUT2D eigenvalue weighted by Gasteiger charge is -2.11. The van der Waals surface area contributed by atoms with Crippen molar-refractivity contribution in [3.63, 3.8) is 0 Å². The van der Waals surface area contributed by atoms with Gasteiger partial charge in [-0.1, -0.05) is 24.3 Å². The number of rotatable bonds is 6. The predicted octanol–water partition coefficient (Wildman–Crippen LogP) is 4.38. The summed E-state index contributed by atoms with van der Waals surface area (Å²) in [6.07, 6.45) is 1.57. The number of nitrogens with zero attached hydrogens (tertiary/aromatic N) is 1. The molecule has 0 saturated heterocycles. The minimum absolute atomic E-state index is 0.277. The van der Waals surface area contributed by atoms with Crippen molar-refractivity contribution in [2.24, 2.45) is 0 Å². The third-order valence-corrected chi connectivity index (χ3v) is 3.71. The lowest BCUT2D eigenvalue weighted by Crippen LogP contribution is -2.19. The highest BCUT2D eigenvalue weighted by Crippen LogP contribution is 2.19. The molecule has 0 spiro atoms. The van der Waals surface area contributed by atoms with Crippen molar-refractivity contribution in [2.45, 2.75) is 6.92 Å². The summed E-state index contributed by atoms with van der Waals surface area (Å²) >= 11 is 0. The van der Waals surface area contributed by atoms with Crippen LogP contribution >= 0.6 is 0 Å². The van der Waals surface area contributed by atoms with Crippen LogP contribution in [0, 0.1) is 0 Å². The molecule has 28 heavy (non-hydrogen) atoms. The van der Waals surface area contributed by atoms with Gasteiger partial charge >= 0.3 is 6.03 Å².